The first-order valence-corrected chi connectivity index (χ1v) is 19.8. The predicted octanol–water partition coefficient (Wildman–Crippen LogP) is 7.15. The molecule has 1 amide bonds. The normalized spacial score (nSPS) is 16.3. The maximum atomic E-state index is 13.3. The van der Waals surface area contributed by atoms with Crippen LogP contribution in [0.15, 0.2) is 62.9 Å². The molecule has 2 N–H and O–H groups in total. The summed E-state index contributed by atoms with van der Waals surface area (Å²) in [6.45, 7) is 17.9. The van der Waals surface area contributed by atoms with Gasteiger partial charge in [-0.1, -0.05) is 38.2 Å². The van der Waals surface area contributed by atoms with Crippen molar-refractivity contribution in [2.45, 2.75) is 97.4 Å². The van der Waals surface area contributed by atoms with Crippen LogP contribution in [0.5, 0.6) is 0 Å². The lowest BCUT2D eigenvalue weighted by atomic mass is 9.98. The molecule has 0 aliphatic carbocycles. The number of carboxylic acids is 1. The van der Waals surface area contributed by atoms with Crippen molar-refractivity contribution >= 4 is 78.9 Å². The van der Waals surface area contributed by atoms with Crippen LogP contribution >= 0.6 is 25.3 Å². The van der Waals surface area contributed by atoms with E-state index in [1.807, 2.05) is 19.1 Å². The summed E-state index contributed by atoms with van der Waals surface area (Å²) in [7, 11) is 0. The van der Waals surface area contributed by atoms with Gasteiger partial charge in [-0.25, -0.2) is 9.98 Å². The van der Waals surface area contributed by atoms with E-state index >= 15 is 0 Å². The fraction of sp³-hybridized carbons (Fsp3) is 0.395. The molecular weight excluding hydrogens is 699 g/mol. The number of rotatable bonds is 16. The second kappa shape index (κ2) is 16.4. The fourth-order valence-corrected chi connectivity index (χ4v) is 8.78. The highest BCUT2D eigenvalue weighted by Crippen LogP contribution is 2.36. The van der Waals surface area contributed by atoms with Crippen LogP contribution in [-0.2, 0) is 22.7 Å². The van der Waals surface area contributed by atoms with Gasteiger partial charge >= 0.3 is 5.97 Å². The molecule has 6 bridgehead atoms. The second-order valence-electron chi connectivity index (χ2n) is 14.3. The van der Waals surface area contributed by atoms with Crippen molar-refractivity contribution in [1.82, 2.24) is 14.5 Å². The number of carbonyl (C=O) groups excluding carboxylic acids is 1. The summed E-state index contributed by atoms with van der Waals surface area (Å²) < 4.78 is 4.62. The summed E-state index contributed by atoms with van der Waals surface area (Å²) in [6.07, 6.45) is 18.7. The van der Waals surface area contributed by atoms with Gasteiger partial charge in [0.15, 0.2) is 0 Å². The SMILES string of the molecule is C=CC1=C(C)C2=Cc3c(C=C)c(C)c4n3Cn3c(c(C)c(CCC(=O)NCCCCCC(S)CCS)c3=CC3=NC(=C4)C(C)=C3CCC(=O)O)=CC1=N2. The third-order valence-electron chi connectivity index (χ3n) is 11.0. The highest BCUT2D eigenvalue weighted by molar-refractivity contribution is 7.81. The lowest BCUT2D eigenvalue weighted by Gasteiger charge is -2.16. The van der Waals surface area contributed by atoms with Gasteiger partial charge in [-0.2, -0.15) is 25.3 Å². The first-order valence-electron chi connectivity index (χ1n) is 18.7. The van der Waals surface area contributed by atoms with E-state index in [1.165, 1.54) is 0 Å². The van der Waals surface area contributed by atoms with Gasteiger partial charge in [0, 0.05) is 52.2 Å². The molecule has 0 radical (unpaired) electrons. The Morgan fingerprint density at radius 3 is 2.30 bits per heavy atom. The Hall–Kier alpha value is -4.28. The zero-order valence-corrected chi connectivity index (χ0v) is 33.2. The maximum absolute atomic E-state index is 13.3. The molecule has 0 fully saturated rings. The van der Waals surface area contributed by atoms with E-state index in [4.69, 9.17) is 9.98 Å². The number of hydrogen-bond donors (Lipinski definition) is 4. The number of aliphatic imine (C=N–C) groups is 2. The minimum absolute atomic E-state index is 0.00731. The first kappa shape index (κ1) is 38.4. The van der Waals surface area contributed by atoms with E-state index in [1.54, 1.807) is 0 Å². The average molecular weight is 750 g/mol. The van der Waals surface area contributed by atoms with Crippen molar-refractivity contribution in [1.29, 1.82) is 0 Å². The van der Waals surface area contributed by atoms with E-state index < -0.39 is 5.97 Å². The smallest absolute Gasteiger partial charge is 0.303 e. The number of fused-ring (bicyclic) bond motifs is 2. The van der Waals surface area contributed by atoms with Crippen LogP contribution in [0.3, 0.4) is 0 Å². The molecule has 0 saturated heterocycles. The lowest BCUT2D eigenvalue weighted by Crippen LogP contribution is -2.33. The Bertz CT molecular complexity index is 2220. The van der Waals surface area contributed by atoms with E-state index in [0.29, 0.717) is 37.7 Å². The van der Waals surface area contributed by atoms with Crippen molar-refractivity contribution in [3.05, 3.63) is 97.3 Å². The summed E-state index contributed by atoms with van der Waals surface area (Å²) in [4.78, 5) is 35.4. The monoisotopic (exact) mass is 749 g/mol. The summed E-state index contributed by atoms with van der Waals surface area (Å²) in [5.74, 6) is 0.0331. The first-order chi connectivity index (χ1) is 25.5. The topological polar surface area (TPSA) is 101 Å². The molecule has 6 heterocycles. The van der Waals surface area contributed by atoms with Crippen LogP contribution in [0.4, 0.5) is 0 Å². The van der Waals surface area contributed by atoms with Crippen LogP contribution in [-0.4, -0.2) is 55.1 Å². The minimum atomic E-state index is -0.845. The maximum Gasteiger partial charge on any atom is 0.303 e. The van der Waals surface area contributed by atoms with E-state index in [-0.39, 0.29) is 12.3 Å². The number of aromatic nitrogens is 2. The average Bonchev–Trinajstić information content (AvgIpc) is 3.75. The highest BCUT2D eigenvalue weighted by Gasteiger charge is 2.28. The van der Waals surface area contributed by atoms with Crippen molar-refractivity contribution < 1.29 is 14.7 Å². The Morgan fingerprint density at radius 1 is 0.868 bits per heavy atom. The number of hydrogen-bond acceptors (Lipinski definition) is 6. The molecule has 278 valence electrons. The third-order valence-corrected chi connectivity index (χ3v) is 11.8. The summed E-state index contributed by atoms with van der Waals surface area (Å²) in [5.41, 5.74) is 13.5. The summed E-state index contributed by atoms with van der Waals surface area (Å²) >= 11 is 8.94. The second-order valence-corrected chi connectivity index (χ2v) is 15.5. The van der Waals surface area contributed by atoms with Gasteiger partial charge in [0.05, 0.1) is 28.5 Å². The molecule has 53 heavy (non-hydrogen) atoms. The largest absolute Gasteiger partial charge is 0.481 e. The summed E-state index contributed by atoms with van der Waals surface area (Å²) in [5, 5.41) is 15.2. The van der Waals surface area contributed by atoms with Crippen molar-refractivity contribution in [2.75, 3.05) is 12.3 Å². The number of thiol groups is 2. The Morgan fingerprint density at radius 2 is 1.58 bits per heavy atom. The van der Waals surface area contributed by atoms with Crippen molar-refractivity contribution in [2.24, 2.45) is 9.98 Å². The van der Waals surface area contributed by atoms with E-state index in [2.05, 4.69) is 97.9 Å². The van der Waals surface area contributed by atoms with Gasteiger partial charge in [0.1, 0.15) is 6.67 Å². The Labute approximate surface area is 323 Å². The number of nitrogens with zero attached hydrogens (tertiary/aromatic N) is 4. The van der Waals surface area contributed by atoms with Crippen LogP contribution < -0.4 is 16.0 Å². The molecule has 4 aliphatic heterocycles. The number of unbranched alkanes of at least 4 members (excludes halogenated alkanes) is 2. The standard InChI is InChI=1S/C43H51N5O3S2/c1-7-30-25(3)35-21-40-31(8-2)27(5)38-20-34-26(4)32(14-16-43(50)51)37(46-34)23-41-33(28(6)39(22-36(30)45-35)48(41)24-47(38)40)13-15-42(49)44-18-11-9-10-12-29(53)17-19-52/h7-8,20-23,29,52-53H,1-2,9-19,24H2,3-6H3,(H,44,49)(H,50,51). The van der Waals surface area contributed by atoms with Crippen molar-refractivity contribution in [3.63, 3.8) is 0 Å². The molecule has 8 nitrogen and oxygen atoms in total. The molecule has 6 rings (SSSR count). The van der Waals surface area contributed by atoms with Crippen LogP contribution in [0, 0.1) is 13.8 Å². The van der Waals surface area contributed by atoms with E-state index in [9.17, 15) is 14.7 Å². The molecule has 10 heteroatoms. The summed E-state index contributed by atoms with van der Waals surface area (Å²) in [6, 6.07) is 0. The number of aliphatic carboxylic acids is 1. The zero-order valence-electron chi connectivity index (χ0n) is 31.4. The molecular formula is C43H51N5O3S2. The fourth-order valence-electron chi connectivity index (χ4n) is 7.96. The van der Waals surface area contributed by atoms with Crippen LogP contribution in [0.1, 0.15) is 98.9 Å². The number of nitrogens with one attached hydrogen (secondary N) is 1. The van der Waals surface area contributed by atoms with Gasteiger partial charge in [-0.3, -0.25) is 9.59 Å². The number of amides is 1. The molecule has 1 unspecified atom stereocenters. The lowest BCUT2D eigenvalue weighted by molar-refractivity contribution is -0.137. The number of allylic oxidation sites excluding steroid dienone is 5. The molecule has 2 aromatic heterocycles. The van der Waals surface area contributed by atoms with Crippen molar-refractivity contribution in [3.8, 4) is 0 Å². The van der Waals surface area contributed by atoms with Gasteiger partial charge < -0.3 is 19.6 Å². The third kappa shape index (κ3) is 7.71. The molecule has 0 spiro atoms. The van der Waals surface area contributed by atoms with Gasteiger partial charge in [-0.05, 0) is 123 Å². The molecule has 0 aromatic carbocycles. The molecule has 4 aliphatic rings. The number of carboxylic acid groups (broad SMARTS) is 1. The molecule has 2 aromatic rings. The highest BCUT2D eigenvalue weighted by atomic mass is 32.1. The Balaban J connectivity index is 1.47. The van der Waals surface area contributed by atoms with Crippen LogP contribution in [0.25, 0.3) is 30.4 Å². The van der Waals surface area contributed by atoms with Gasteiger partial charge in [0.25, 0.3) is 0 Å². The minimum Gasteiger partial charge on any atom is -0.481 e. The molecule has 1 atom stereocenters. The number of carbonyl (C=O) groups is 2. The van der Waals surface area contributed by atoms with Gasteiger partial charge in [-0.15, -0.1) is 0 Å². The van der Waals surface area contributed by atoms with E-state index in [0.717, 1.165) is 127 Å². The van der Waals surface area contributed by atoms with Crippen LogP contribution in [0.2, 0.25) is 0 Å². The quantitative estimate of drug-likeness (QED) is 0.108. The zero-order chi connectivity index (χ0) is 38.0. The Kier molecular flexibility index (Phi) is 11.9. The molecule has 0 saturated carbocycles. The van der Waals surface area contributed by atoms with Gasteiger partial charge in [0.2, 0.25) is 5.91 Å². The predicted molar refractivity (Wildman–Crippen MR) is 226 cm³/mol.